The van der Waals surface area contributed by atoms with Crippen LogP contribution >= 0.6 is 0 Å². The van der Waals surface area contributed by atoms with E-state index in [-0.39, 0.29) is 5.69 Å². The third-order valence-corrected chi connectivity index (χ3v) is 1.89. The van der Waals surface area contributed by atoms with Gasteiger partial charge in [-0.05, 0) is 13.0 Å². The van der Waals surface area contributed by atoms with Gasteiger partial charge in [-0.2, -0.15) is 0 Å². The molecule has 0 saturated carbocycles. The van der Waals surface area contributed by atoms with Gasteiger partial charge >= 0.3 is 23.9 Å². The van der Waals surface area contributed by atoms with E-state index < -0.39 is 34.4 Å². The van der Waals surface area contributed by atoms with E-state index in [9.17, 15) is 28.1 Å². The molecule has 104 valence electrons. The van der Waals surface area contributed by atoms with Crippen LogP contribution in [-0.2, 0) is 4.74 Å². The quantitative estimate of drug-likeness (QED) is 0.477. The summed E-state index contributed by atoms with van der Waals surface area (Å²) in [7, 11) is 0.937. The number of methoxy groups -OCH3 is 1. The lowest BCUT2D eigenvalue weighted by Gasteiger charge is -2.10. The zero-order chi connectivity index (χ0) is 14.8. The first kappa shape index (κ1) is 14.7. The summed E-state index contributed by atoms with van der Waals surface area (Å²) < 4.78 is 44.1. The molecular weight excluding hydrogens is 273 g/mol. The second-order valence-corrected chi connectivity index (χ2v) is 3.26. The lowest BCUT2D eigenvalue weighted by Crippen LogP contribution is -2.20. The number of hydrogen-bond acceptors (Lipinski definition) is 6. The molecule has 10 heteroatoms. The van der Waals surface area contributed by atoms with E-state index in [1.165, 1.54) is 6.92 Å². The number of hydrogen-bond donors (Lipinski definition) is 0. The number of carbonyl (C=O) groups excluding carboxylic acids is 1. The van der Waals surface area contributed by atoms with Crippen LogP contribution in [-0.4, -0.2) is 29.3 Å². The van der Waals surface area contributed by atoms with E-state index in [0.717, 1.165) is 13.2 Å². The molecule has 1 rings (SSSR count). The molecule has 1 aromatic heterocycles. The highest BCUT2D eigenvalue weighted by Crippen LogP contribution is 2.33. The number of alkyl halides is 3. The van der Waals surface area contributed by atoms with Gasteiger partial charge in [-0.3, -0.25) is 10.1 Å². The van der Waals surface area contributed by atoms with Crippen molar-refractivity contribution in [2.24, 2.45) is 0 Å². The average molecular weight is 280 g/mol. The Balaban J connectivity index is 3.49. The summed E-state index contributed by atoms with van der Waals surface area (Å²) in [4.78, 5) is 24.2. The fourth-order valence-corrected chi connectivity index (χ4v) is 1.26. The summed E-state index contributed by atoms with van der Waals surface area (Å²) in [6.07, 6.45) is -5.17. The third-order valence-electron chi connectivity index (χ3n) is 1.89. The summed E-state index contributed by atoms with van der Waals surface area (Å²) in [5.74, 6) is -2.47. The van der Waals surface area contributed by atoms with E-state index in [2.05, 4.69) is 14.5 Å². The topological polar surface area (TPSA) is 91.6 Å². The van der Waals surface area contributed by atoms with Crippen molar-refractivity contribution in [2.75, 3.05) is 7.11 Å². The fraction of sp³-hybridized carbons (Fsp3) is 0.333. The van der Waals surface area contributed by atoms with Crippen molar-refractivity contribution in [3.8, 4) is 5.88 Å². The first-order valence-corrected chi connectivity index (χ1v) is 4.66. The van der Waals surface area contributed by atoms with E-state index in [1.807, 2.05) is 0 Å². The Morgan fingerprint density at radius 3 is 2.47 bits per heavy atom. The summed E-state index contributed by atoms with van der Waals surface area (Å²) in [5, 5.41) is 10.8. The number of carbonyl (C=O) groups is 1. The molecule has 0 bridgehead atoms. The fourth-order valence-electron chi connectivity index (χ4n) is 1.26. The third kappa shape index (κ3) is 3.53. The number of halogens is 3. The van der Waals surface area contributed by atoms with Crippen molar-refractivity contribution in [3.05, 3.63) is 27.4 Å². The Hall–Kier alpha value is -2.39. The van der Waals surface area contributed by atoms with Gasteiger partial charge in [-0.15, -0.1) is 13.2 Å². The number of nitro groups is 1. The highest BCUT2D eigenvalue weighted by atomic mass is 19.4. The first-order chi connectivity index (χ1) is 8.65. The van der Waals surface area contributed by atoms with E-state index in [1.54, 1.807) is 0 Å². The minimum atomic E-state index is -5.17. The van der Waals surface area contributed by atoms with E-state index in [4.69, 9.17) is 0 Å². The van der Waals surface area contributed by atoms with Gasteiger partial charge in [0.25, 0.3) is 0 Å². The maximum absolute atomic E-state index is 12.1. The van der Waals surface area contributed by atoms with Gasteiger partial charge in [0, 0.05) is 5.69 Å². The normalized spacial score (nSPS) is 11.0. The van der Waals surface area contributed by atoms with Crippen LogP contribution in [0.2, 0.25) is 0 Å². The van der Waals surface area contributed by atoms with Gasteiger partial charge in [0.05, 0.1) is 12.0 Å². The number of aromatic nitrogens is 1. The maximum Gasteiger partial charge on any atom is 0.574 e. The van der Waals surface area contributed by atoms with Crippen molar-refractivity contribution in [1.82, 2.24) is 4.98 Å². The molecule has 1 aromatic rings. The molecule has 0 N–H and O–H groups in total. The molecule has 0 saturated heterocycles. The van der Waals surface area contributed by atoms with Crippen LogP contribution in [0.15, 0.2) is 6.07 Å². The van der Waals surface area contributed by atoms with Gasteiger partial charge < -0.3 is 9.47 Å². The predicted molar refractivity (Wildman–Crippen MR) is 53.7 cm³/mol. The van der Waals surface area contributed by atoms with Crippen LogP contribution in [0.25, 0.3) is 0 Å². The van der Waals surface area contributed by atoms with Gasteiger partial charge in [0.2, 0.25) is 0 Å². The lowest BCUT2D eigenvalue weighted by molar-refractivity contribution is -0.389. The first-order valence-electron chi connectivity index (χ1n) is 4.66. The zero-order valence-electron chi connectivity index (χ0n) is 9.65. The lowest BCUT2D eigenvalue weighted by atomic mass is 10.2. The minimum Gasteiger partial charge on any atom is -0.465 e. The van der Waals surface area contributed by atoms with Crippen LogP contribution in [0.1, 0.15) is 16.1 Å². The summed E-state index contributed by atoms with van der Waals surface area (Å²) in [6, 6.07) is 0.938. The van der Waals surface area contributed by atoms with Gasteiger partial charge in [-0.25, -0.2) is 9.78 Å². The highest BCUT2D eigenvalue weighted by molar-refractivity contribution is 5.94. The van der Waals surface area contributed by atoms with E-state index in [0.29, 0.717) is 0 Å². The van der Waals surface area contributed by atoms with Gasteiger partial charge in [0.1, 0.15) is 5.56 Å². The second-order valence-electron chi connectivity index (χ2n) is 3.26. The SMILES string of the molecule is COC(=O)c1cc(C)nc(OC(F)(F)F)c1[N+](=O)[O-]. The maximum atomic E-state index is 12.1. The largest absolute Gasteiger partial charge is 0.574 e. The molecule has 1 heterocycles. The molecule has 19 heavy (non-hydrogen) atoms. The van der Waals surface area contributed by atoms with Crippen molar-refractivity contribution < 1.29 is 32.4 Å². The smallest absolute Gasteiger partial charge is 0.465 e. The zero-order valence-corrected chi connectivity index (χ0v) is 9.65. The van der Waals surface area contributed by atoms with Crippen molar-refractivity contribution in [1.29, 1.82) is 0 Å². The monoisotopic (exact) mass is 280 g/mol. The molecular formula is C9H7F3N2O5. The molecule has 7 nitrogen and oxygen atoms in total. The molecule has 0 spiro atoms. The highest BCUT2D eigenvalue weighted by Gasteiger charge is 2.38. The number of aryl methyl sites for hydroxylation is 1. The summed E-state index contributed by atoms with van der Waals surface area (Å²) in [6.45, 7) is 1.25. The van der Waals surface area contributed by atoms with Crippen LogP contribution in [0.4, 0.5) is 18.9 Å². The molecule has 0 atom stereocenters. The number of ether oxygens (including phenoxy) is 2. The summed E-state index contributed by atoms with van der Waals surface area (Å²) >= 11 is 0. The van der Waals surface area contributed by atoms with Crippen molar-refractivity contribution in [2.45, 2.75) is 13.3 Å². The molecule has 0 amide bonds. The number of esters is 1. The molecule has 0 aliphatic rings. The minimum absolute atomic E-state index is 0.0646. The molecule has 0 aliphatic heterocycles. The Morgan fingerprint density at radius 2 is 2.05 bits per heavy atom. The standard InChI is InChI=1S/C9H7F3N2O5/c1-4-3-5(8(15)18-2)6(14(16)17)7(13-4)19-9(10,11)12/h3H,1-2H3. The number of rotatable bonds is 3. The Labute approximate surface area is 104 Å². The molecule has 0 aromatic carbocycles. The van der Waals surface area contributed by atoms with Gasteiger partial charge in [-0.1, -0.05) is 0 Å². The molecule has 0 radical (unpaired) electrons. The molecule has 0 unspecified atom stereocenters. The number of nitrogens with zero attached hydrogens (tertiary/aromatic N) is 2. The van der Waals surface area contributed by atoms with E-state index >= 15 is 0 Å². The van der Waals surface area contributed by atoms with Crippen molar-refractivity contribution >= 4 is 11.7 Å². The average Bonchev–Trinajstić information content (AvgIpc) is 2.24. The van der Waals surface area contributed by atoms with Crippen molar-refractivity contribution in [3.63, 3.8) is 0 Å². The Kier molecular flexibility index (Phi) is 3.92. The molecule has 0 aliphatic carbocycles. The van der Waals surface area contributed by atoms with Crippen LogP contribution < -0.4 is 4.74 Å². The van der Waals surface area contributed by atoms with Crippen LogP contribution in [0, 0.1) is 17.0 Å². The Morgan fingerprint density at radius 1 is 1.47 bits per heavy atom. The second kappa shape index (κ2) is 5.08. The number of pyridine rings is 1. The predicted octanol–water partition coefficient (Wildman–Crippen LogP) is 1.98. The van der Waals surface area contributed by atoms with Crippen LogP contribution in [0.3, 0.4) is 0 Å². The van der Waals surface area contributed by atoms with Crippen LogP contribution in [0.5, 0.6) is 5.88 Å². The molecule has 0 fully saturated rings. The Bertz CT molecular complexity index is 529. The van der Waals surface area contributed by atoms with Gasteiger partial charge in [0.15, 0.2) is 0 Å². The summed E-state index contributed by atoms with van der Waals surface area (Å²) in [5.41, 5.74) is -1.93.